The number of nitrogens with zero attached hydrogens (tertiary/aromatic N) is 3. The lowest BCUT2D eigenvalue weighted by atomic mass is 10.1. The molecule has 1 aliphatic carbocycles. The van der Waals surface area contributed by atoms with E-state index in [4.69, 9.17) is 0 Å². The van der Waals surface area contributed by atoms with Crippen molar-refractivity contribution in [1.29, 1.82) is 0 Å². The van der Waals surface area contributed by atoms with E-state index >= 15 is 0 Å². The van der Waals surface area contributed by atoms with E-state index in [9.17, 15) is 0 Å². The lowest BCUT2D eigenvalue weighted by molar-refractivity contribution is 0.191. The summed E-state index contributed by atoms with van der Waals surface area (Å²) in [6, 6.07) is 4.30. The molecule has 1 atom stereocenters. The Balaban J connectivity index is 1.59. The van der Waals surface area contributed by atoms with Crippen molar-refractivity contribution in [2.75, 3.05) is 19.6 Å². The highest BCUT2D eigenvalue weighted by Gasteiger charge is 2.50. The van der Waals surface area contributed by atoms with Crippen LogP contribution >= 0.6 is 9.24 Å². The fourth-order valence-corrected chi connectivity index (χ4v) is 4.62. The maximum atomic E-state index is 4.48. The topological polar surface area (TPSA) is 53.1 Å². The van der Waals surface area contributed by atoms with E-state index in [0.29, 0.717) is 5.54 Å². The molecule has 158 valence electrons. The number of piperazine rings is 1. The summed E-state index contributed by atoms with van der Waals surface area (Å²) < 4.78 is 0. The molecule has 1 spiro atoms. The van der Waals surface area contributed by atoms with Crippen molar-refractivity contribution in [2.45, 2.75) is 45.7 Å². The second-order valence-corrected chi connectivity index (χ2v) is 9.14. The molecule has 0 amide bonds. The zero-order valence-electron chi connectivity index (χ0n) is 18.2. The predicted octanol–water partition coefficient (Wildman–Crippen LogP) is 3.41. The lowest BCUT2D eigenvalue weighted by Crippen LogP contribution is -2.53. The van der Waals surface area contributed by atoms with Gasteiger partial charge in [-0.15, -0.1) is 9.24 Å². The summed E-state index contributed by atoms with van der Waals surface area (Å²) in [4.78, 5) is 11.5. The monoisotopic (exact) mass is 421 g/mol. The number of rotatable bonds is 6. The fourth-order valence-electron chi connectivity index (χ4n) is 4.18. The van der Waals surface area contributed by atoms with Gasteiger partial charge in [-0.2, -0.15) is 0 Å². The van der Waals surface area contributed by atoms with Crippen molar-refractivity contribution >= 4 is 25.6 Å². The minimum Gasteiger partial charge on any atom is -0.380 e. The van der Waals surface area contributed by atoms with E-state index in [2.05, 4.69) is 85.9 Å². The molecular weight excluding hydrogens is 389 g/mol. The molecule has 2 aromatic rings. The van der Waals surface area contributed by atoms with Crippen LogP contribution in [0.5, 0.6) is 0 Å². The van der Waals surface area contributed by atoms with Crippen LogP contribution in [-0.4, -0.2) is 40.0 Å². The molecule has 4 rings (SSSR count). The maximum Gasteiger partial charge on any atom is 0.0958 e. The third kappa shape index (κ3) is 4.43. The van der Waals surface area contributed by atoms with Crippen molar-refractivity contribution in [2.24, 2.45) is 0 Å². The summed E-state index contributed by atoms with van der Waals surface area (Å²) in [6.45, 7) is 10.3. The molecule has 30 heavy (non-hydrogen) atoms. The Morgan fingerprint density at radius 3 is 2.77 bits per heavy atom. The van der Waals surface area contributed by atoms with Crippen molar-refractivity contribution in [3.63, 3.8) is 0 Å². The van der Waals surface area contributed by atoms with Crippen LogP contribution in [0.1, 0.15) is 39.2 Å². The molecule has 5 nitrogen and oxygen atoms in total. The first kappa shape index (κ1) is 21.0. The molecule has 1 saturated heterocycles. The smallest absolute Gasteiger partial charge is 0.0958 e. The molecule has 2 fully saturated rings. The number of benzene rings is 1. The van der Waals surface area contributed by atoms with Gasteiger partial charge in [0.1, 0.15) is 0 Å². The molecule has 1 unspecified atom stereocenters. The van der Waals surface area contributed by atoms with Crippen molar-refractivity contribution in [1.82, 2.24) is 25.5 Å². The molecule has 2 heterocycles. The molecule has 2 aliphatic rings. The Bertz CT molecular complexity index is 1020. The Hall–Kier alpha value is -2.23. The minimum atomic E-state index is 0.293. The van der Waals surface area contributed by atoms with Gasteiger partial charge in [-0.1, -0.05) is 17.7 Å². The Morgan fingerprint density at radius 2 is 2.03 bits per heavy atom. The second kappa shape index (κ2) is 8.87. The van der Waals surface area contributed by atoms with E-state index in [1.54, 1.807) is 12.4 Å². The SMILES string of the molecule is C/C=C(NCc1cc(P)c2nccnc2c1)\C(=C/C=C(C)C)N1CCNCC12CC2. The highest BCUT2D eigenvalue weighted by Crippen LogP contribution is 2.45. The van der Waals surface area contributed by atoms with Crippen LogP contribution in [0.4, 0.5) is 0 Å². The van der Waals surface area contributed by atoms with Gasteiger partial charge in [0.25, 0.3) is 0 Å². The third-order valence-corrected chi connectivity index (χ3v) is 6.38. The number of hydrogen-bond acceptors (Lipinski definition) is 5. The molecule has 6 heteroatoms. The van der Waals surface area contributed by atoms with Gasteiger partial charge < -0.3 is 15.5 Å². The molecule has 2 N–H and O–H groups in total. The van der Waals surface area contributed by atoms with Crippen LogP contribution in [0.15, 0.2) is 59.7 Å². The second-order valence-electron chi connectivity index (χ2n) is 8.51. The summed E-state index contributed by atoms with van der Waals surface area (Å²) in [5.74, 6) is 0. The molecule has 0 radical (unpaired) electrons. The van der Waals surface area contributed by atoms with Gasteiger partial charge in [-0.05, 0) is 62.7 Å². The summed E-state index contributed by atoms with van der Waals surface area (Å²) in [6.07, 6.45) is 12.7. The average molecular weight is 422 g/mol. The molecule has 1 aromatic carbocycles. The summed E-state index contributed by atoms with van der Waals surface area (Å²) in [7, 11) is 2.79. The van der Waals surface area contributed by atoms with Gasteiger partial charge in [0.15, 0.2) is 0 Å². The fraction of sp³-hybridized carbons (Fsp3) is 0.417. The van der Waals surface area contributed by atoms with E-state index in [1.807, 2.05) is 0 Å². The van der Waals surface area contributed by atoms with Crippen LogP contribution in [0.3, 0.4) is 0 Å². The zero-order chi connectivity index (χ0) is 21.1. The Morgan fingerprint density at radius 1 is 1.23 bits per heavy atom. The number of nitrogens with one attached hydrogen (secondary N) is 2. The molecule has 1 aromatic heterocycles. The minimum absolute atomic E-state index is 0.293. The largest absolute Gasteiger partial charge is 0.380 e. The number of aromatic nitrogens is 2. The average Bonchev–Trinajstić information content (AvgIpc) is 3.51. The highest BCUT2D eigenvalue weighted by atomic mass is 31.0. The van der Waals surface area contributed by atoms with Gasteiger partial charge in [0.05, 0.1) is 28.0 Å². The van der Waals surface area contributed by atoms with Crippen LogP contribution in [0, 0.1) is 0 Å². The number of hydrogen-bond donors (Lipinski definition) is 2. The van der Waals surface area contributed by atoms with E-state index in [-0.39, 0.29) is 0 Å². The first-order valence-corrected chi connectivity index (χ1v) is 11.3. The lowest BCUT2D eigenvalue weighted by Gasteiger charge is -2.41. The van der Waals surface area contributed by atoms with Gasteiger partial charge >= 0.3 is 0 Å². The van der Waals surface area contributed by atoms with Crippen LogP contribution in [0.2, 0.25) is 0 Å². The summed E-state index contributed by atoms with van der Waals surface area (Å²) in [5, 5.41) is 8.38. The Labute approximate surface area is 182 Å². The van der Waals surface area contributed by atoms with Crippen LogP contribution < -0.4 is 15.9 Å². The van der Waals surface area contributed by atoms with Gasteiger partial charge in [0.2, 0.25) is 0 Å². The van der Waals surface area contributed by atoms with Crippen molar-refractivity contribution < 1.29 is 0 Å². The zero-order valence-corrected chi connectivity index (χ0v) is 19.4. The molecule has 1 aliphatic heterocycles. The van der Waals surface area contributed by atoms with E-state index < -0.39 is 0 Å². The normalized spacial score (nSPS) is 18.6. The van der Waals surface area contributed by atoms with Crippen molar-refractivity contribution in [3.05, 3.63) is 65.3 Å². The predicted molar refractivity (Wildman–Crippen MR) is 129 cm³/mol. The van der Waals surface area contributed by atoms with E-state index in [1.165, 1.54) is 35.4 Å². The number of allylic oxidation sites excluding steroid dienone is 4. The standard InChI is InChI=1S/C24H32N5P/c1-4-19(28-15-18-13-20-23(22(30)14-18)27-10-9-26-20)21(6-5-17(2)3)29-12-11-25-16-24(29)7-8-24/h4-6,9-10,13-14,25,28H,7-8,11-12,15-16,30H2,1-3H3/b19-4+,21-6+. The molecule has 0 bridgehead atoms. The summed E-state index contributed by atoms with van der Waals surface area (Å²) in [5.41, 5.74) is 7.16. The van der Waals surface area contributed by atoms with Crippen LogP contribution in [-0.2, 0) is 6.54 Å². The first-order valence-electron chi connectivity index (χ1n) is 10.8. The number of fused-ring (bicyclic) bond motifs is 1. The van der Waals surface area contributed by atoms with Crippen molar-refractivity contribution in [3.8, 4) is 0 Å². The third-order valence-electron chi connectivity index (χ3n) is 5.94. The highest BCUT2D eigenvalue weighted by molar-refractivity contribution is 7.28. The van der Waals surface area contributed by atoms with Crippen LogP contribution in [0.25, 0.3) is 11.0 Å². The molecular formula is C24H32N5P. The first-order chi connectivity index (χ1) is 14.5. The van der Waals surface area contributed by atoms with Gasteiger partial charge in [-0.25, -0.2) is 0 Å². The maximum absolute atomic E-state index is 4.48. The Kier molecular flexibility index (Phi) is 6.21. The molecule has 1 saturated carbocycles. The quantitative estimate of drug-likeness (QED) is 0.553. The van der Waals surface area contributed by atoms with Gasteiger partial charge in [-0.3, -0.25) is 9.97 Å². The summed E-state index contributed by atoms with van der Waals surface area (Å²) >= 11 is 0. The van der Waals surface area contributed by atoms with Gasteiger partial charge in [0, 0.05) is 38.6 Å². The van der Waals surface area contributed by atoms with E-state index in [0.717, 1.165) is 42.5 Å².